The predicted octanol–water partition coefficient (Wildman–Crippen LogP) is 1.76. The molecule has 17 heavy (non-hydrogen) atoms. The van der Waals surface area contributed by atoms with Gasteiger partial charge in [0.05, 0.1) is 0 Å². The average molecular weight is 234 g/mol. The molecule has 1 aromatic carbocycles. The second-order valence-corrected chi connectivity index (χ2v) is 4.80. The highest BCUT2D eigenvalue weighted by Gasteiger charge is 2.26. The van der Waals surface area contributed by atoms with Gasteiger partial charge in [-0.05, 0) is 30.0 Å². The van der Waals surface area contributed by atoms with Gasteiger partial charge in [-0.1, -0.05) is 18.9 Å². The lowest BCUT2D eigenvalue weighted by Crippen LogP contribution is -2.28. The number of hydrogen-bond acceptors (Lipinski definition) is 4. The highest BCUT2D eigenvalue weighted by molar-refractivity contribution is 5.44. The standard InChI is InChI=1S/C13H18N2O2/c14-15-11(7-9-1-2-9)10-3-4-12-13(8-10)17-6-5-16-12/h3-4,8-9,11,15H,1-2,5-7,14H2. The SMILES string of the molecule is NNC(CC1CC1)c1ccc2c(c1)OCCO2. The van der Waals surface area contributed by atoms with Crippen LogP contribution in [0.4, 0.5) is 0 Å². The third-order valence-electron chi connectivity index (χ3n) is 3.44. The Morgan fingerprint density at radius 3 is 2.71 bits per heavy atom. The van der Waals surface area contributed by atoms with Gasteiger partial charge in [0.2, 0.25) is 0 Å². The fourth-order valence-corrected chi connectivity index (χ4v) is 2.26. The van der Waals surface area contributed by atoms with E-state index in [1.807, 2.05) is 12.1 Å². The van der Waals surface area contributed by atoms with E-state index in [0.29, 0.717) is 13.2 Å². The van der Waals surface area contributed by atoms with E-state index in [0.717, 1.165) is 23.8 Å². The Labute approximate surface area is 101 Å². The van der Waals surface area contributed by atoms with Crippen molar-refractivity contribution < 1.29 is 9.47 Å². The van der Waals surface area contributed by atoms with Gasteiger partial charge in [-0.25, -0.2) is 0 Å². The minimum Gasteiger partial charge on any atom is -0.486 e. The summed E-state index contributed by atoms with van der Waals surface area (Å²) in [6.07, 6.45) is 3.78. The number of rotatable bonds is 4. The number of ether oxygens (including phenoxy) is 2. The van der Waals surface area contributed by atoms with E-state index in [1.165, 1.54) is 18.4 Å². The summed E-state index contributed by atoms with van der Waals surface area (Å²) in [5, 5.41) is 0. The van der Waals surface area contributed by atoms with Crippen molar-refractivity contribution in [3.05, 3.63) is 23.8 Å². The van der Waals surface area contributed by atoms with Gasteiger partial charge in [0.15, 0.2) is 11.5 Å². The van der Waals surface area contributed by atoms with E-state index >= 15 is 0 Å². The smallest absolute Gasteiger partial charge is 0.161 e. The molecule has 0 bridgehead atoms. The van der Waals surface area contributed by atoms with Crippen LogP contribution in [0.2, 0.25) is 0 Å². The van der Waals surface area contributed by atoms with E-state index in [2.05, 4.69) is 11.5 Å². The van der Waals surface area contributed by atoms with Crippen LogP contribution in [-0.2, 0) is 0 Å². The number of hydrazine groups is 1. The number of nitrogens with two attached hydrogens (primary N) is 1. The van der Waals surface area contributed by atoms with Gasteiger partial charge < -0.3 is 9.47 Å². The summed E-state index contributed by atoms with van der Waals surface area (Å²) in [5.41, 5.74) is 4.08. The van der Waals surface area contributed by atoms with E-state index < -0.39 is 0 Å². The molecular formula is C13H18N2O2. The highest BCUT2D eigenvalue weighted by atomic mass is 16.6. The molecule has 4 nitrogen and oxygen atoms in total. The van der Waals surface area contributed by atoms with Crippen molar-refractivity contribution in [1.29, 1.82) is 0 Å². The van der Waals surface area contributed by atoms with Crippen LogP contribution in [0.5, 0.6) is 11.5 Å². The fraction of sp³-hybridized carbons (Fsp3) is 0.538. The van der Waals surface area contributed by atoms with Crippen molar-refractivity contribution in [2.45, 2.75) is 25.3 Å². The third-order valence-corrected chi connectivity index (χ3v) is 3.44. The van der Waals surface area contributed by atoms with Gasteiger partial charge in [-0.15, -0.1) is 0 Å². The second-order valence-electron chi connectivity index (χ2n) is 4.80. The number of hydrogen-bond donors (Lipinski definition) is 2. The van der Waals surface area contributed by atoms with Gasteiger partial charge in [0.1, 0.15) is 13.2 Å². The maximum absolute atomic E-state index is 5.63. The van der Waals surface area contributed by atoms with Gasteiger partial charge >= 0.3 is 0 Å². The average Bonchev–Trinajstić information content (AvgIpc) is 3.19. The first-order chi connectivity index (χ1) is 8.36. The molecule has 0 radical (unpaired) electrons. The molecule has 0 aromatic heterocycles. The molecule has 1 saturated carbocycles. The zero-order valence-corrected chi connectivity index (χ0v) is 9.82. The molecule has 1 aliphatic heterocycles. The molecule has 4 heteroatoms. The van der Waals surface area contributed by atoms with Crippen LogP contribution in [0, 0.1) is 5.92 Å². The van der Waals surface area contributed by atoms with Crippen molar-refractivity contribution >= 4 is 0 Å². The lowest BCUT2D eigenvalue weighted by Gasteiger charge is -2.21. The Balaban J connectivity index is 1.80. The van der Waals surface area contributed by atoms with Crippen LogP contribution in [0.25, 0.3) is 0 Å². The Morgan fingerprint density at radius 2 is 2.00 bits per heavy atom. The molecule has 0 saturated heterocycles. The Hall–Kier alpha value is -1.26. The first-order valence-electron chi connectivity index (χ1n) is 6.22. The minimum absolute atomic E-state index is 0.221. The van der Waals surface area contributed by atoms with Crippen LogP contribution >= 0.6 is 0 Å². The molecule has 2 aliphatic rings. The molecule has 0 amide bonds. The summed E-state index contributed by atoms with van der Waals surface area (Å²) < 4.78 is 11.1. The third kappa shape index (κ3) is 2.37. The summed E-state index contributed by atoms with van der Waals surface area (Å²) >= 11 is 0. The number of fused-ring (bicyclic) bond motifs is 1. The summed E-state index contributed by atoms with van der Waals surface area (Å²) in [6, 6.07) is 6.31. The molecule has 0 spiro atoms. The van der Waals surface area contributed by atoms with Crippen LogP contribution < -0.4 is 20.7 Å². The first-order valence-corrected chi connectivity index (χ1v) is 6.22. The van der Waals surface area contributed by atoms with Crippen molar-refractivity contribution in [3.63, 3.8) is 0 Å². The normalized spacial score (nSPS) is 20.1. The molecule has 3 rings (SSSR count). The molecule has 1 heterocycles. The van der Waals surface area contributed by atoms with E-state index in [9.17, 15) is 0 Å². The van der Waals surface area contributed by atoms with Crippen molar-refractivity contribution in [1.82, 2.24) is 5.43 Å². The van der Waals surface area contributed by atoms with Crippen LogP contribution in [0.15, 0.2) is 18.2 Å². The fourth-order valence-electron chi connectivity index (χ4n) is 2.26. The number of nitrogens with one attached hydrogen (secondary N) is 1. The topological polar surface area (TPSA) is 56.5 Å². The summed E-state index contributed by atoms with van der Waals surface area (Å²) in [5.74, 6) is 8.15. The molecule has 3 N–H and O–H groups in total. The molecule has 1 aromatic rings. The van der Waals surface area contributed by atoms with Crippen LogP contribution in [0.3, 0.4) is 0 Å². The highest BCUT2D eigenvalue weighted by Crippen LogP contribution is 2.39. The summed E-state index contributed by atoms with van der Waals surface area (Å²) in [4.78, 5) is 0. The van der Waals surface area contributed by atoms with Crippen LogP contribution in [-0.4, -0.2) is 13.2 Å². The monoisotopic (exact) mass is 234 g/mol. The Kier molecular flexibility index (Phi) is 2.91. The summed E-state index contributed by atoms with van der Waals surface area (Å²) in [6.45, 7) is 1.26. The molecule has 1 unspecified atom stereocenters. The van der Waals surface area contributed by atoms with Crippen molar-refractivity contribution in [3.8, 4) is 11.5 Å². The largest absolute Gasteiger partial charge is 0.486 e. The molecule has 1 atom stereocenters. The minimum atomic E-state index is 0.221. The van der Waals surface area contributed by atoms with Crippen molar-refractivity contribution in [2.24, 2.45) is 11.8 Å². The van der Waals surface area contributed by atoms with Crippen LogP contribution in [0.1, 0.15) is 30.9 Å². The lowest BCUT2D eigenvalue weighted by molar-refractivity contribution is 0.171. The molecule has 92 valence electrons. The summed E-state index contributed by atoms with van der Waals surface area (Å²) in [7, 11) is 0. The quantitative estimate of drug-likeness (QED) is 0.615. The Bertz CT molecular complexity index is 404. The maximum atomic E-state index is 5.63. The number of benzene rings is 1. The van der Waals surface area contributed by atoms with Gasteiger partial charge in [0.25, 0.3) is 0 Å². The first kappa shape index (κ1) is 10.9. The molecule has 1 aliphatic carbocycles. The molecule has 1 fully saturated rings. The van der Waals surface area contributed by atoms with Gasteiger partial charge in [-0.2, -0.15) is 0 Å². The van der Waals surface area contributed by atoms with E-state index in [1.54, 1.807) is 0 Å². The lowest BCUT2D eigenvalue weighted by atomic mass is 10.0. The maximum Gasteiger partial charge on any atom is 0.161 e. The Morgan fingerprint density at radius 1 is 1.24 bits per heavy atom. The second kappa shape index (κ2) is 4.55. The molecular weight excluding hydrogens is 216 g/mol. The van der Waals surface area contributed by atoms with E-state index in [-0.39, 0.29) is 6.04 Å². The van der Waals surface area contributed by atoms with Gasteiger partial charge in [0, 0.05) is 6.04 Å². The van der Waals surface area contributed by atoms with E-state index in [4.69, 9.17) is 15.3 Å². The zero-order valence-electron chi connectivity index (χ0n) is 9.82. The van der Waals surface area contributed by atoms with Gasteiger partial charge in [-0.3, -0.25) is 11.3 Å². The van der Waals surface area contributed by atoms with Crippen molar-refractivity contribution in [2.75, 3.05) is 13.2 Å². The predicted molar refractivity (Wildman–Crippen MR) is 64.8 cm³/mol. The zero-order chi connectivity index (χ0) is 11.7.